The molecule has 0 aliphatic carbocycles. The first-order valence-corrected chi connectivity index (χ1v) is 10.1. The number of nitrogens with one attached hydrogen (secondary N) is 1. The van der Waals surface area contributed by atoms with Gasteiger partial charge in [-0.3, -0.25) is 9.59 Å². The Bertz CT molecular complexity index is 977. The average Bonchev–Trinajstić information content (AvgIpc) is 2.99. The number of ether oxygens (including phenoxy) is 3. The van der Waals surface area contributed by atoms with Gasteiger partial charge in [-0.1, -0.05) is 29.3 Å². The van der Waals surface area contributed by atoms with Gasteiger partial charge in [0.05, 0.1) is 30.3 Å². The predicted octanol–water partition coefficient (Wildman–Crippen LogP) is 3.06. The molecular formula is C22H23ClN2O6. The Morgan fingerprint density at radius 3 is 2.58 bits per heavy atom. The van der Waals surface area contributed by atoms with E-state index in [-0.39, 0.29) is 23.0 Å². The maximum Gasteiger partial charge on any atom is 0.338 e. The van der Waals surface area contributed by atoms with E-state index in [1.807, 2.05) is 19.1 Å². The van der Waals surface area contributed by atoms with Crippen molar-refractivity contribution in [2.24, 2.45) is 0 Å². The summed E-state index contributed by atoms with van der Waals surface area (Å²) in [5.41, 5.74) is 1.85. The fraction of sp³-hybridized carbons (Fsp3) is 0.318. The van der Waals surface area contributed by atoms with E-state index in [9.17, 15) is 14.4 Å². The first-order valence-electron chi connectivity index (χ1n) is 9.70. The van der Waals surface area contributed by atoms with E-state index in [1.54, 1.807) is 12.1 Å². The van der Waals surface area contributed by atoms with E-state index in [0.717, 1.165) is 5.56 Å². The van der Waals surface area contributed by atoms with Gasteiger partial charge in [0, 0.05) is 19.2 Å². The van der Waals surface area contributed by atoms with Gasteiger partial charge in [0.15, 0.2) is 18.1 Å². The maximum absolute atomic E-state index is 12.4. The average molecular weight is 447 g/mol. The summed E-state index contributed by atoms with van der Waals surface area (Å²) in [6, 6.07) is 10.2. The Hall–Kier alpha value is -3.26. The zero-order valence-electron chi connectivity index (χ0n) is 17.3. The number of fused-ring (bicyclic) bond motifs is 1. The van der Waals surface area contributed by atoms with E-state index < -0.39 is 18.5 Å². The van der Waals surface area contributed by atoms with Crippen LogP contribution in [0, 0.1) is 6.92 Å². The lowest BCUT2D eigenvalue weighted by Crippen LogP contribution is -2.37. The molecule has 2 amide bonds. The normalized spacial score (nSPS) is 12.5. The molecule has 0 saturated carbocycles. The maximum atomic E-state index is 12.4. The lowest BCUT2D eigenvalue weighted by Gasteiger charge is -2.17. The molecule has 8 nitrogen and oxygen atoms in total. The largest absolute Gasteiger partial charge is 0.489 e. The molecule has 0 fully saturated rings. The van der Waals surface area contributed by atoms with Gasteiger partial charge < -0.3 is 24.4 Å². The second-order valence-electron chi connectivity index (χ2n) is 7.08. The van der Waals surface area contributed by atoms with E-state index in [0.29, 0.717) is 36.8 Å². The van der Waals surface area contributed by atoms with E-state index >= 15 is 0 Å². The first kappa shape index (κ1) is 22.4. The molecule has 164 valence electrons. The first-order chi connectivity index (χ1) is 14.8. The molecule has 1 heterocycles. The number of hydrogen-bond donors (Lipinski definition) is 1. The Morgan fingerprint density at radius 2 is 1.84 bits per heavy atom. The van der Waals surface area contributed by atoms with Crippen LogP contribution in [0.3, 0.4) is 0 Å². The number of hydrogen-bond acceptors (Lipinski definition) is 6. The van der Waals surface area contributed by atoms with Crippen molar-refractivity contribution >= 4 is 35.1 Å². The van der Waals surface area contributed by atoms with Gasteiger partial charge in [-0.25, -0.2) is 4.79 Å². The van der Waals surface area contributed by atoms with Crippen molar-refractivity contribution in [3.63, 3.8) is 0 Å². The van der Waals surface area contributed by atoms with Crippen molar-refractivity contribution < 1.29 is 28.6 Å². The monoisotopic (exact) mass is 446 g/mol. The number of esters is 1. The van der Waals surface area contributed by atoms with Crippen LogP contribution in [0.4, 0.5) is 5.69 Å². The van der Waals surface area contributed by atoms with Crippen LogP contribution in [-0.2, 0) is 14.3 Å². The molecule has 2 aromatic rings. The summed E-state index contributed by atoms with van der Waals surface area (Å²) in [7, 11) is 1.45. The number of rotatable bonds is 6. The Balaban J connectivity index is 1.52. The van der Waals surface area contributed by atoms with Crippen molar-refractivity contribution in [1.29, 1.82) is 0 Å². The highest BCUT2D eigenvalue weighted by Gasteiger charge is 2.21. The molecule has 1 N–H and O–H groups in total. The molecule has 0 bridgehead atoms. The van der Waals surface area contributed by atoms with Crippen LogP contribution in [0.15, 0.2) is 36.4 Å². The third-order valence-corrected chi connectivity index (χ3v) is 4.79. The molecule has 31 heavy (non-hydrogen) atoms. The summed E-state index contributed by atoms with van der Waals surface area (Å²) in [6.45, 7) is 2.16. The number of likely N-dealkylation sites (N-methyl/N-ethyl adjacent to an activating group) is 1. The van der Waals surface area contributed by atoms with Crippen LogP contribution in [0.2, 0.25) is 5.02 Å². The fourth-order valence-electron chi connectivity index (χ4n) is 2.81. The van der Waals surface area contributed by atoms with Crippen molar-refractivity contribution in [2.45, 2.75) is 13.3 Å². The smallest absolute Gasteiger partial charge is 0.338 e. The van der Waals surface area contributed by atoms with Crippen molar-refractivity contribution in [1.82, 2.24) is 4.90 Å². The molecule has 3 rings (SSSR count). The number of amides is 2. The standard InChI is InChI=1S/C22H23ClN2O6/c1-14-4-6-16(7-5-14)24-19(26)12-25(2)20(27)13-31-22(28)15-10-17(23)21-18(11-15)29-8-3-9-30-21/h4-7,10-11H,3,8-9,12-13H2,1-2H3,(H,24,26). The minimum absolute atomic E-state index is 0.141. The van der Waals surface area contributed by atoms with Crippen LogP contribution < -0.4 is 14.8 Å². The van der Waals surface area contributed by atoms with Gasteiger partial charge in [0.1, 0.15) is 0 Å². The summed E-state index contributed by atoms with van der Waals surface area (Å²) in [5, 5.41) is 2.93. The lowest BCUT2D eigenvalue weighted by atomic mass is 10.2. The second kappa shape index (κ2) is 10.2. The van der Waals surface area contributed by atoms with E-state index in [4.69, 9.17) is 25.8 Å². The Kier molecular flexibility index (Phi) is 7.36. The third-order valence-electron chi connectivity index (χ3n) is 4.51. The second-order valence-corrected chi connectivity index (χ2v) is 7.48. The lowest BCUT2D eigenvalue weighted by molar-refractivity contribution is -0.136. The summed E-state index contributed by atoms with van der Waals surface area (Å²) >= 11 is 6.18. The molecule has 1 aliphatic rings. The zero-order chi connectivity index (χ0) is 22.4. The molecule has 0 aromatic heterocycles. The van der Waals surface area contributed by atoms with Crippen LogP contribution >= 0.6 is 11.6 Å². The minimum atomic E-state index is -0.733. The van der Waals surface area contributed by atoms with Gasteiger partial charge >= 0.3 is 5.97 Å². The highest BCUT2D eigenvalue weighted by molar-refractivity contribution is 6.32. The number of anilines is 1. The molecule has 0 radical (unpaired) electrons. The van der Waals surface area contributed by atoms with Crippen LogP contribution in [0.5, 0.6) is 11.5 Å². The summed E-state index contributed by atoms with van der Waals surface area (Å²) < 4.78 is 16.2. The third kappa shape index (κ3) is 6.11. The number of nitrogens with zero attached hydrogens (tertiary/aromatic N) is 1. The molecule has 0 spiro atoms. The topological polar surface area (TPSA) is 94.2 Å². The molecule has 9 heteroatoms. The molecule has 2 aromatic carbocycles. The Morgan fingerprint density at radius 1 is 1.13 bits per heavy atom. The van der Waals surface area contributed by atoms with Crippen LogP contribution in [0.25, 0.3) is 0 Å². The molecule has 0 atom stereocenters. The predicted molar refractivity (Wildman–Crippen MR) is 115 cm³/mol. The number of aryl methyl sites for hydroxylation is 1. The molecule has 0 unspecified atom stereocenters. The SMILES string of the molecule is Cc1ccc(NC(=O)CN(C)C(=O)COC(=O)c2cc(Cl)c3c(c2)OCCCO3)cc1. The van der Waals surface area contributed by atoms with Crippen LogP contribution in [-0.4, -0.2) is 56.1 Å². The van der Waals surface area contributed by atoms with Gasteiger partial charge in [-0.05, 0) is 31.2 Å². The summed E-state index contributed by atoms with van der Waals surface area (Å²) in [4.78, 5) is 37.9. The van der Waals surface area contributed by atoms with Gasteiger partial charge in [-0.15, -0.1) is 0 Å². The van der Waals surface area contributed by atoms with Gasteiger partial charge in [0.25, 0.3) is 5.91 Å². The number of benzene rings is 2. The van der Waals surface area contributed by atoms with Crippen molar-refractivity contribution in [2.75, 3.05) is 38.7 Å². The zero-order valence-corrected chi connectivity index (χ0v) is 18.0. The minimum Gasteiger partial charge on any atom is -0.489 e. The summed E-state index contributed by atoms with van der Waals surface area (Å²) in [6.07, 6.45) is 0.698. The number of carbonyl (C=O) groups is 3. The van der Waals surface area contributed by atoms with Crippen molar-refractivity contribution in [3.8, 4) is 11.5 Å². The number of carbonyl (C=O) groups excluding carboxylic acids is 3. The van der Waals surface area contributed by atoms with Gasteiger partial charge in [0.2, 0.25) is 5.91 Å². The summed E-state index contributed by atoms with van der Waals surface area (Å²) in [5.74, 6) is -0.878. The van der Waals surface area contributed by atoms with E-state index in [2.05, 4.69) is 5.32 Å². The highest BCUT2D eigenvalue weighted by atomic mass is 35.5. The number of halogens is 1. The molecular weight excluding hydrogens is 424 g/mol. The molecule has 0 saturated heterocycles. The van der Waals surface area contributed by atoms with E-state index in [1.165, 1.54) is 24.1 Å². The quantitative estimate of drug-likeness (QED) is 0.685. The Labute approximate surface area is 185 Å². The highest BCUT2D eigenvalue weighted by Crippen LogP contribution is 2.38. The molecule has 1 aliphatic heterocycles. The van der Waals surface area contributed by atoms with Gasteiger partial charge in [-0.2, -0.15) is 0 Å². The fourth-order valence-corrected chi connectivity index (χ4v) is 3.08. The van der Waals surface area contributed by atoms with Crippen molar-refractivity contribution in [3.05, 3.63) is 52.5 Å². The van der Waals surface area contributed by atoms with Crippen LogP contribution in [0.1, 0.15) is 22.3 Å².